The summed E-state index contributed by atoms with van der Waals surface area (Å²) in [5.41, 5.74) is 2.27. The standard InChI is InChI=1S/C23H34N4O2/c1-6-25-13-7-8-19(25)15-26(14-18-9-11-20(28)12-10-18)22(29)21-16-27(23(3,4)5)24-17(21)2/h9-12,16,19,28H,6-8,13-15H2,1-5H3. The maximum atomic E-state index is 13.6. The SMILES string of the molecule is CCN1CCCC1CN(Cc1ccc(O)cc1)C(=O)c1cn(C(C)(C)C)nc1C. The molecule has 6 nitrogen and oxygen atoms in total. The molecule has 2 heterocycles. The number of hydrogen-bond donors (Lipinski definition) is 1. The van der Waals surface area contributed by atoms with Crippen LogP contribution in [-0.2, 0) is 12.1 Å². The van der Waals surface area contributed by atoms with Gasteiger partial charge in [0.2, 0.25) is 0 Å². The molecule has 1 aliphatic rings. The number of likely N-dealkylation sites (tertiary alicyclic amines) is 1. The normalized spacial score (nSPS) is 17.6. The third kappa shape index (κ3) is 4.99. The molecule has 0 aliphatic carbocycles. The van der Waals surface area contributed by atoms with Crippen LogP contribution in [0.3, 0.4) is 0 Å². The van der Waals surface area contributed by atoms with E-state index in [0.29, 0.717) is 24.7 Å². The lowest BCUT2D eigenvalue weighted by atomic mass is 10.1. The van der Waals surface area contributed by atoms with E-state index in [9.17, 15) is 9.90 Å². The molecule has 0 radical (unpaired) electrons. The average Bonchev–Trinajstić information content (AvgIpc) is 3.28. The first-order valence-corrected chi connectivity index (χ1v) is 10.6. The van der Waals surface area contributed by atoms with Gasteiger partial charge in [0, 0.05) is 25.3 Å². The lowest BCUT2D eigenvalue weighted by molar-refractivity contribution is 0.0691. The Morgan fingerprint density at radius 1 is 1.28 bits per heavy atom. The number of benzene rings is 1. The van der Waals surface area contributed by atoms with E-state index in [2.05, 4.69) is 37.7 Å². The Morgan fingerprint density at radius 3 is 2.55 bits per heavy atom. The number of carbonyl (C=O) groups excluding carboxylic acids is 1. The van der Waals surface area contributed by atoms with Crippen molar-refractivity contribution < 1.29 is 9.90 Å². The van der Waals surface area contributed by atoms with E-state index in [4.69, 9.17) is 0 Å². The molecular formula is C23H34N4O2. The predicted molar refractivity (Wildman–Crippen MR) is 115 cm³/mol. The van der Waals surface area contributed by atoms with Gasteiger partial charge in [-0.05, 0) is 71.3 Å². The van der Waals surface area contributed by atoms with Crippen LogP contribution in [-0.4, -0.2) is 56.3 Å². The summed E-state index contributed by atoms with van der Waals surface area (Å²) in [6.45, 7) is 13.7. The summed E-state index contributed by atoms with van der Waals surface area (Å²) in [5, 5.41) is 14.2. The molecule has 1 aromatic heterocycles. The molecule has 2 aromatic rings. The molecule has 1 N–H and O–H groups in total. The number of phenolic OH excluding ortho intramolecular Hbond substituents is 1. The van der Waals surface area contributed by atoms with Crippen molar-refractivity contribution in [1.82, 2.24) is 19.6 Å². The van der Waals surface area contributed by atoms with E-state index in [1.54, 1.807) is 12.1 Å². The number of likely N-dealkylation sites (N-methyl/N-ethyl adjacent to an activating group) is 1. The van der Waals surface area contributed by atoms with Crippen molar-refractivity contribution in [3.63, 3.8) is 0 Å². The molecule has 0 bridgehead atoms. The van der Waals surface area contributed by atoms with Gasteiger partial charge in [0.1, 0.15) is 5.75 Å². The molecule has 1 fully saturated rings. The number of nitrogens with zero attached hydrogens (tertiary/aromatic N) is 4. The summed E-state index contributed by atoms with van der Waals surface area (Å²) in [6, 6.07) is 7.50. The van der Waals surface area contributed by atoms with Gasteiger partial charge in [-0.1, -0.05) is 19.1 Å². The lowest BCUT2D eigenvalue weighted by Crippen LogP contribution is -2.42. The van der Waals surface area contributed by atoms with Crippen LogP contribution in [0.15, 0.2) is 30.5 Å². The Kier molecular flexibility index (Phi) is 6.32. The first kappa shape index (κ1) is 21.4. The Morgan fingerprint density at radius 2 is 1.97 bits per heavy atom. The molecule has 0 spiro atoms. The minimum Gasteiger partial charge on any atom is -0.508 e. The number of hydrogen-bond acceptors (Lipinski definition) is 4. The Hall–Kier alpha value is -2.34. The summed E-state index contributed by atoms with van der Waals surface area (Å²) in [5.74, 6) is 0.260. The van der Waals surface area contributed by atoms with Crippen LogP contribution in [0.1, 0.15) is 62.2 Å². The summed E-state index contributed by atoms with van der Waals surface area (Å²) in [6.07, 6.45) is 4.18. The van der Waals surface area contributed by atoms with Crippen LogP contribution in [0.2, 0.25) is 0 Å². The monoisotopic (exact) mass is 398 g/mol. The maximum absolute atomic E-state index is 13.6. The summed E-state index contributed by atoms with van der Waals surface area (Å²) >= 11 is 0. The van der Waals surface area contributed by atoms with Crippen LogP contribution in [0.4, 0.5) is 0 Å². The van der Waals surface area contributed by atoms with E-state index in [1.165, 1.54) is 6.42 Å². The fraction of sp³-hybridized carbons (Fsp3) is 0.565. The minimum absolute atomic E-state index is 0.0222. The van der Waals surface area contributed by atoms with Crippen LogP contribution in [0.5, 0.6) is 5.75 Å². The van der Waals surface area contributed by atoms with E-state index >= 15 is 0 Å². The fourth-order valence-electron chi connectivity index (χ4n) is 4.00. The molecule has 1 atom stereocenters. The smallest absolute Gasteiger partial charge is 0.257 e. The van der Waals surface area contributed by atoms with E-state index in [-0.39, 0.29) is 17.2 Å². The number of aromatic hydroxyl groups is 1. The second-order valence-electron chi connectivity index (χ2n) is 9.02. The zero-order valence-corrected chi connectivity index (χ0v) is 18.4. The van der Waals surface area contributed by atoms with Crippen molar-refractivity contribution in [3.05, 3.63) is 47.3 Å². The molecule has 1 amide bonds. The molecule has 3 rings (SSSR count). The highest BCUT2D eigenvalue weighted by atomic mass is 16.3. The van der Waals surface area contributed by atoms with Crippen LogP contribution in [0, 0.1) is 6.92 Å². The molecule has 1 unspecified atom stereocenters. The van der Waals surface area contributed by atoms with E-state index < -0.39 is 0 Å². The Labute approximate surface area is 174 Å². The second-order valence-corrected chi connectivity index (χ2v) is 9.02. The molecule has 29 heavy (non-hydrogen) atoms. The number of aryl methyl sites for hydroxylation is 1. The van der Waals surface area contributed by atoms with Gasteiger partial charge in [-0.15, -0.1) is 0 Å². The number of amides is 1. The number of aromatic nitrogens is 2. The number of carbonyl (C=O) groups is 1. The van der Waals surface area contributed by atoms with Gasteiger partial charge in [-0.25, -0.2) is 0 Å². The van der Waals surface area contributed by atoms with Crippen molar-refractivity contribution in [3.8, 4) is 5.75 Å². The Balaban J connectivity index is 1.88. The van der Waals surface area contributed by atoms with Gasteiger partial charge in [0.15, 0.2) is 0 Å². The Bertz CT molecular complexity index is 836. The predicted octanol–water partition coefficient (Wildman–Crippen LogP) is 3.78. The lowest BCUT2D eigenvalue weighted by Gasteiger charge is -2.30. The van der Waals surface area contributed by atoms with Crippen LogP contribution >= 0.6 is 0 Å². The van der Waals surface area contributed by atoms with Crippen LogP contribution in [0.25, 0.3) is 0 Å². The molecule has 1 aromatic carbocycles. The van der Waals surface area contributed by atoms with Crippen molar-refractivity contribution in [2.45, 2.75) is 65.6 Å². The maximum Gasteiger partial charge on any atom is 0.257 e. The highest BCUT2D eigenvalue weighted by molar-refractivity contribution is 5.95. The minimum atomic E-state index is -0.171. The quantitative estimate of drug-likeness (QED) is 0.804. The fourth-order valence-corrected chi connectivity index (χ4v) is 4.00. The van der Waals surface area contributed by atoms with Crippen molar-refractivity contribution >= 4 is 5.91 Å². The molecule has 158 valence electrons. The molecule has 6 heteroatoms. The highest BCUT2D eigenvalue weighted by Gasteiger charge is 2.29. The van der Waals surface area contributed by atoms with Gasteiger partial charge < -0.3 is 10.0 Å². The van der Waals surface area contributed by atoms with Gasteiger partial charge in [0.05, 0.1) is 16.8 Å². The summed E-state index contributed by atoms with van der Waals surface area (Å²) in [7, 11) is 0. The first-order valence-electron chi connectivity index (χ1n) is 10.6. The molecule has 1 saturated heterocycles. The zero-order valence-electron chi connectivity index (χ0n) is 18.4. The second kappa shape index (κ2) is 8.57. The van der Waals surface area contributed by atoms with E-state index in [1.807, 2.05) is 34.8 Å². The van der Waals surface area contributed by atoms with Gasteiger partial charge in [-0.2, -0.15) is 5.10 Å². The molecular weight excluding hydrogens is 364 g/mol. The van der Waals surface area contributed by atoms with Gasteiger partial charge in [-0.3, -0.25) is 14.4 Å². The third-order valence-corrected chi connectivity index (χ3v) is 5.75. The van der Waals surface area contributed by atoms with Crippen LogP contribution < -0.4 is 0 Å². The number of phenols is 1. The third-order valence-electron chi connectivity index (χ3n) is 5.75. The van der Waals surface area contributed by atoms with Gasteiger partial charge >= 0.3 is 0 Å². The summed E-state index contributed by atoms with van der Waals surface area (Å²) < 4.78 is 1.88. The van der Waals surface area contributed by atoms with E-state index in [0.717, 1.165) is 30.8 Å². The number of rotatable bonds is 6. The summed E-state index contributed by atoms with van der Waals surface area (Å²) in [4.78, 5) is 18.0. The zero-order chi connectivity index (χ0) is 21.2. The first-order chi connectivity index (χ1) is 13.7. The average molecular weight is 399 g/mol. The molecule has 1 aliphatic heterocycles. The van der Waals surface area contributed by atoms with Gasteiger partial charge in [0.25, 0.3) is 5.91 Å². The van der Waals surface area contributed by atoms with Crippen molar-refractivity contribution in [2.75, 3.05) is 19.6 Å². The van der Waals surface area contributed by atoms with Crippen molar-refractivity contribution in [2.24, 2.45) is 0 Å². The van der Waals surface area contributed by atoms with Crippen molar-refractivity contribution in [1.29, 1.82) is 0 Å². The molecule has 0 saturated carbocycles. The largest absolute Gasteiger partial charge is 0.508 e. The highest BCUT2D eigenvalue weighted by Crippen LogP contribution is 2.23. The topological polar surface area (TPSA) is 61.6 Å².